The van der Waals surface area contributed by atoms with Gasteiger partial charge in [0, 0.05) is 24.3 Å². The van der Waals surface area contributed by atoms with Gasteiger partial charge in [-0.15, -0.1) is 0 Å². The molecule has 30 heavy (non-hydrogen) atoms. The number of benzene rings is 3. The zero-order valence-electron chi connectivity index (χ0n) is 17.1. The van der Waals surface area contributed by atoms with Gasteiger partial charge in [-0.05, 0) is 62.4 Å². The summed E-state index contributed by atoms with van der Waals surface area (Å²) in [5.74, 6) is 1.28. The molecule has 0 aromatic heterocycles. The molecule has 0 spiro atoms. The zero-order chi connectivity index (χ0) is 21.1. The Morgan fingerprint density at radius 1 is 0.900 bits per heavy atom. The number of nitrogens with zero attached hydrogens (tertiary/aromatic N) is 2. The van der Waals surface area contributed by atoms with E-state index >= 15 is 0 Å². The average Bonchev–Trinajstić information content (AvgIpc) is 2.77. The Morgan fingerprint density at radius 3 is 2.30 bits per heavy atom. The molecule has 5 nitrogen and oxygen atoms in total. The fraction of sp³-hybridized carbons (Fsp3) is 0.200. The van der Waals surface area contributed by atoms with Gasteiger partial charge in [0.25, 0.3) is 5.91 Å². The quantitative estimate of drug-likeness (QED) is 0.640. The molecule has 1 atom stereocenters. The lowest BCUT2D eigenvalue weighted by atomic mass is 10.1. The number of carbonyl (C=O) groups excluding carboxylic acids is 2. The largest absolute Gasteiger partial charge is 0.457 e. The summed E-state index contributed by atoms with van der Waals surface area (Å²) in [6.07, 6.45) is 0. The van der Waals surface area contributed by atoms with Gasteiger partial charge < -0.3 is 14.5 Å². The number of rotatable bonds is 4. The highest BCUT2D eigenvalue weighted by Crippen LogP contribution is 2.27. The molecule has 0 bridgehead atoms. The Kier molecular flexibility index (Phi) is 5.53. The van der Waals surface area contributed by atoms with Gasteiger partial charge in [0.05, 0.1) is 0 Å². The maximum atomic E-state index is 13.0. The molecule has 3 aromatic rings. The van der Waals surface area contributed by atoms with Gasteiger partial charge in [0.2, 0.25) is 5.91 Å². The molecule has 0 unspecified atom stereocenters. The van der Waals surface area contributed by atoms with Gasteiger partial charge in [-0.3, -0.25) is 9.59 Å². The van der Waals surface area contributed by atoms with Crippen LogP contribution in [-0.4, -0.2) is 35.8 Å². The molecule has 0 aliphatic carbocycles. The average molecular weight is 400 g/mol. The van der Waals surface area contributed by atoms with Crippen LogP contribution in [0.3, 0.4) is 0 Å². The molecule has 1 aliphatic rings. The molecule has 1 fully saturated rings. The number of ether oxygens (including phenoxy) is 1. The van der Waals surface area contributed by atoms with Crippen LogP contribution in [0.5, 0.6) is 11.5 Å². The predicted molar refractivity (Wildman–Crippen MR) is 117 cm³/mol. The summed E-state index contributed by atoms with van der Waals surface area (Å²) in [4.78, 5) is 29.3. The summed E-state index contributed by atoms with van der Waals surface area (Å²) in [5, 5.41) is 0. The van der Waals surface area contributed by atoms with Crippen molar-refractivity contribution in [2.75, 3.05) is 18.0 Å². The minimum atomic E-state index is -0.521. The molecule has 5 heteroatoms. The van der Waals surface area contributed by atoms with Crippen molar-refractivity contribution in [2.45, 2.75) is 19.9 Å². The van der Waals surface area contributed by atoms with E-state index in [2.05, 4.69) is 0 Å². The fourth-order valence-corrected chi connectivity index (χ4v) is 3.67. The lowest BCUT2D eigenvalue weighted by Gasteiger charge is -2.39. The van der Waals surface area contributed by atoms with Crippen molar-refractivity contribution in [3.8, 4) is 11.5 Å². The van der Waals surface area contributed by atoms with Crippen LogP contribution >= 0.6 is 0 Å². The first-order chi connectivity index (χ1) is 14.5. The number of para-hydroxylation sites is 1. The molecule has 0 saturated carbocycles. The third-order valence-electron chi connectivity index (χ3n) is 5.31. The molecule has 0 radical (unpaired) electrons. The summed E-state index contributed by atoms with van der Waals surface area (Å²) in [6.45, 7) is 4.69. The summed E-state index contributed by atoms with van der Waals surface area (Å²) >= 11 is 0. The summed E-state index contributed by atoms with van der Waals surface area (Å²) < 4.78 is 5.82. The highest BCUT2D eigenvalue weighted by molar-refractivity contribution is 6.03. The second-order valence-corrected chi connectivity index (χ2v) is 7.44. The Bertz CT molecular complexity index is 1050. The lowest BCUT2D eigenvalue weighted by molar-refractivity contribution is -0.124. The van der Waals surface area contributed by atoms with Crippen molar-refractivity contribution in [2.24, 2.45) is 0 Å². The first-order valence-corrected chi connectivity index (χ1v) is 10.0. The van der Waals surface area contributed by atoms with E-state index in [9.17, 15) is 9.59 Å². The van der Waals surface area contributed by atoms with Crippen molar-refractivity contribution < 1.29 is 14.3 Å². The molecule has 152 valence electrons. The molecule has 2 amide bonds. The van der Waals surface area contributed by atoms with E-state index in [1.54, 1.807) is 22.8 Å². The number of aryl methyl sites for hydroxylation is 1. The van der Waals surface area contributed by atoms with Crippen LogP contribution < -0.4 is 9.64 Å². The van der Waals surface area contributed by atoms with Gasteiger partial charge in [-0.1, -0.05) is 35.9 Å². The number of piperazine rings is 1. The van der Waals surface area contributed by atoms with Gasteiger partial charge in [0.1, 0.15) is 17.5 Å². The maximum Gasteiger partial charge on any atom is 0.254 e. The minimum absolute atomic E-state index is 0.0843. The summed E-state index contributed by atoms with van der Waals surface area (Å²) in [7, 11) is 0. The van der Waals surface area contributed by atoms with E-state index in [1.807, 2.05) is 79.7 Å². The third kappa shape index (κ3) is 4.06. The minimum Gasteiger partial charge on any atom is -0.457 e. The maximum absolute atomic E-state index is 13.0. The van der Waals surface area contributed by atoms with Crippen LogP contribution in [-0.2, 0) is 4.79 Å². The van der Waals surface area contributed by atoms with Gasteiger partial charge in [-0.25, -0.2) is 0 Å². The van der Waals surface area contributed by atoms with Crippen molar-refractivity contribution in [3.05, 3.63) is 90.0 Å². The number of hydrogen-bond donors (Lipinski definition) is 0. The highest BCUT2D eigenvalue weighted by atomic mass is 16.5. The molecule has 1 heterocycles. The molecule has 1 saturated heterocycles. The Morgan fingerprint density at radius 2 is 1.60 bits per heavy atom. The van der Waals surface area contributed by atoms with Gasteiger partial charge in [-0.2, -0.15) is 0 Å². The van der Waals surface area contributed by atoms with E-state index in [1.165, 1.54) is 0 Å². The molecule has 4 rings (SSSR count). The van der Waals surface area contributed by atoms with Gasteiger partial charge in [0.15, 0.2) is 0 Å². The second-order valence-electron chi connectivity index (χ2n) is 7.44. The Hall–Kier alpha value is -3.60. The normalized spacial score (nSPS) is 16.5. The van der Waals surface area contributed by atoms with Crippen LogP contribution in [0.2, 0.25) is 0 Å². The standard InChI is InChI=1S/C25H24N2O3/c1-18-7-6-8-20(17-18)25(29)26-15-16-27(24(28)19(26)2)21-11-13-23(14-12-21)30-22-9-4-3-5-10-22/h3-14,17,19H,15-16H2,1-2H3/t19-/m1/s1. The monoisotopic (exact) mass is 400 g/mol. The van der Waals surface area contributed by atoms with Crippen LogP contribution in [0.25, 0.3) is 0 Å². The zero-order valence-corrected chi connectivity index (χ0v) is 17.1. The summed E-state index contributed by atoms with van der Waals surface area (Å²) in [6, 6.07) is 24.0. The first-order valence-electron chi connectivity index (χ1n) is 10.0. The number of anilines is 1. The summed E-state index contributed by atoms with van der Waals surface area (Å²) in [5.41, 5.74) is 2.44. The van der Waals surface area contributed by atoms with Crippen molar-refractivity contribution in [1.82, 2.24) is 4.90 Å². The van der Waals surface area contributed by atoms with E-state index in [4.69, 9.17) is 4.74 Å². The molecular weight excluding hydrogens is 376 g/mol. The van der Waals surface area contributed by atoms with E-state index in [0.717, 1.165) is 17.0 Å². The number of amides is 2. The molecule has 3 aromatic carbocycles. The van der Waals surface area contributed by atoms with Crippen molar-refractivity contribution in [1.29, 1.82) is 0 Å². The highest BCUT2D eigenvalue weighted by Gasteiger charge is 2.35. The fourth-order valence-electron chi connectivity index (χ4n) is 3.67. The van der Waals surface area contributed by atoms with E-state index in [-0.39, 0.29) is 11.8 Å². The van der Waals surface area contributed by atoms with Crippen LogP contribution in [0.15, 0.2) is 78.9 Å². The van der Waals surface area contributed by atoms with E-state index < -0.39 is 6.04 Å². The van der Waals surface area contributed by atoms with Gasteiger partial charge >= 0.3 is 0 Å². The number of hydrogen-bond acceptors (Lipinski definition) is 3. The third-order valence-corrected chi connectivity index (χ3v) is 5.31. The van der Waals surface area contributed by atoms with Crippen LogP contribution in [0, 0.1) is 6.92 Å². The topological polar surface area (TPSA) is 49.9 Å². The Balaban J connectivity index is 1.45. The molecule has 0 N–H and O–H groups in total. The van der Waals surface area contributed by atoms with Crippen LogP contribution in [0.4, 0.5) is 5.69 Å². The molecular formula is C25H24N2O3. The van der Waals surface area contributed by atoms with Crippen molar-refractivity contribution in [3.63, 3.8) is 0 Å². The van der Waals surface area contributed by atoms with Crippen LogP contribution in [0.1, 0.15) is 22.8 Å². The SMILES string of the molecule is Cc1cccc(C(=O)N2CCN(c3ccc(Oc4ccccc4)cc3)C(=O)[C@H]2C)c1. The Labute approximate surface area is 176 Å². The second kappa shape index (κ2) is 8.41. The first kappa shape index (κ1) is 19.7. The van der Waals surface area contributed by atoms with Crippen molar-refractivity contribution >= 4 is 17.5 Å². The molecule has 1 aliphatic heterocycles. The predicted octanol–water partition coefficient (Wildman–Crippen LogP) is 4.66. The van der Waals surface area contributed by atoms with E-state index in [0.29, 0.717) is 24.4 Å². The lowest BCUT2D eigenvalue weighted by Crippen LogP contribution is -2.57. The number of carbonyl (C=O) groups is 2. The smallest absolute Gasteiger partial charge is 0.254 e.